The Labute approximate surface area is 111 Å². The van der Waals surface area contributed by atoms with Gasteiger partial charge in [0.05, 0.1) is 10.4 Å². The minimum atomic E-state index is -0.368. The van der Waals surface area contributed by atoms with Crippen molar-refractivity contribution in [3.8, 4) is 0 Å². The third-order valence-electron chi connectivity index (χ3n) is 3.19. The summed E-state index contributed by atoms with van der Waals surface area (Å²) in [5, 5.41) is 14.8. The Bertz CT molecular complexity index is 651. The number of rotatable bonds is 3. The van der Waals surface area contributed by atoms with Crippen molar-refractivity contribution in [1.82, 2.24) is 4.98 Å². The van der Waals surface area contributed by atoms with Crippen molar-refractivity contribution < 1.29 is 4.92 Å². The number of non-ortho nitro benzene ring substituents is 1. The molecule has 0 aliphatic carbocycles. The van der Waals surface area contributed by atoms with Crippen LogP contribution in [-0.4, -0.2) is 17.0 Å². The first-order valence-electron chi connectivity index (χ1n) is 6.21. The lowest BCUT2D eigenvalue weighted by Crippen LogP contribution is -2.02. The molecule has 5 heteroatoms. The van der Waals surface area contributed by atoms with E-state index in [1.165, 1.54) is 0 Å². The lowest BCUT2D eigenvalue weighted by atomic mass is 10.00. The molecule has 0 atom stereocenters. The molecule has 0 saturated carbocycles. The van der Waals surface area contributed by atoms with Gasteiger partial charge in [0.1, 0.15) is 5.82 Å². The van der Waals surface area contributed by atoms with Crippen LogP contribution in [0.15, 0.2) is 18.2 Å². The second-order valence-electron chi connectivity index (χ2n) is 4.92. The van der Waals surface area contributed by atoms with E-state index in [0.29, 0.717) is 5.92 Å². The van der Waals surface area contributed by atoms with E-state index >= 15 is 0 Å². The molecule has 0 unspecified atom stereocenters. The molecule has 0 fully saturated rings. The van der Waals surface area contributed by atoms with E-state index in [-0.39, 0.29) is 10.6 Å². The van der Waals surface area contributed by atoms with Gasteiger partial charge >= 0.3 is 0 Å². The summed E-state index contributed by atoms with van der Waals surface area (Å²) in [6, 6.07) is 5.13. The number of fused-ring (bicyclic) bond motifs is 1. The van der Waals surface area contributed by atoms with Crippen molar-refractivity contribution in [2.45, 2.75) is 26.7 Å². The molecule has 5 nitrogen and oxygen atoms in total. The molecule has 1 N–H and O–H groups in total. The summed E-state index contributed by atoms with van der Waals surface area (Å²) in [6.45, 7) is 6.00. The number of pyridine rings is 1. The van der Waals surface area contributed by atoms with Gasteiger partial charge in [-0.15, -0.1) is 0 Å². The van der Waals surface area contributed by atoms with Gasteiger partial charge in [0, 0.05) is 24.6 Å². The van der Waals surface area contributed by atoms with E-state index in [1.807, 2.05) is 20.0 Å². The minimum absolute atomic E-state index is 0.110. The molecule has 1 heterocycles. The number of anilines is 1. The van der Waals surface area contributed by atoms with Gasteiger partial charge in [-0.3, -0.25) is 10.1 Å². The van der Waals surface area contributed by atoms with Crippen LogP contribution in [-0.2, 0) is 0 Å². The van der Waals surface area contributed by atoms with E-state index < -0.39 is 0 Å². The third kappa shape index (κ3) is 2.36. The molecule has 0 aliphatic rings. The van der Waals surface area contributed by atoms with E-state index in [0.717, 1.165) is 27.8 Å². The smallest absolute Gasteiger partial charge is 0.270 e. The fourth-order valence-electron chi connectivity index (χ4n) is 2.21. The number of nitro benzene ring substituents is 1. The Morgan fingerprint density at radius 1 is 1.32 bits per heavy atom. The molecular formula is C14H17N3O2. The molecule has 0 bridgehead atoms. The van der Waals surface area contributed by atoms with E-state index in [1.54, 1.807) is 12.1 Å². The molecule has 2 rings (SSSR count). The Morgan fingerprint density at radius 2 is 2.00 bits per heavy atom. The predicted molar refractivity (Wildman–Crippen MR) is 76.8 cm³/mol. The van der Waals surface area contributed by atoms with Gasteiger partial charge in [0.25, 0.3) is 5.69 Å². The van der Waals surface area contributed by atoms with Crippen LogP contribution in [0.4, 0.5) is 11.5 Å². The van der Waals surface area contributed by atoms with Crippen molar-refractivity contribution in [3.63, 3.8) is 0 Å². The highest BCUT2D eigenvalue weighted by molar-refractivity contribution is 5.87. The molecular weight excluding hydrogens is 242 g/mol. The molecule has 0 radical (unpaired) electrons. The van der Waals surface area contributed by atoms with E-state index in [4.69, 9.17) is 0 Å². The topological polar surface area (TPSA) is 68.1 Å². The maximum Gasteiger partial charge on any atom is 0.270 e. The van der Waals surface area contributed by atoms with Crippen molar-refractivity contribution in [1.29, 1.82) is 0 Å². The maximum atomic E-state index is 10.9. The average molecular weight is 259 g/mol. The number of nitro groups is 1. The van der Waals surface area contributed by atoms with Crippen LogP contribution in [0.2, 0.25) is 0 Å². The van der Waals surface area contributed by atoms with E-state index in [9.17, 15) is 10.1 Å². The number of hydrogen-bond donors (Lipinski definition) is 1. The predicted octanol–water partition coefficient (Wildman–Crippen LogP) is 3.62. The highest BCUT2D eigenvalue weighted by Crippen LogP contribution is 2.30. The van der Waals surface area contributed by atoms with Gasteiger partial charge in [0.15, 0.2) is 0 Å². The van der Waals surface area contributed by atoms with Crippen molar-refractivity contribution in [2.24, 2.45) is 0 Å². The van der Waals surface area contributed by atoms with Crippen molar-refractivity contribution in [2.75, 3.05) is 12.4 Å². The highest BCUT2D eigenvalue weighted by atomic mass is 16.6. The van der Waals surface area contributed by atoms with Crippen LogP contribution in [0.1, 0.15) is 30.9 Å². The number of aromatic nitrogens is 1. The van der Waals surface area contributed by atoms with Crippen molar-refractivity contribution >= 4 is 22.4 Å². The summed E-state index contributed by atoms with van der Waals surface area (Å²) in [4.78, 5) is 15.1. The highest BCUT2D eigenvalue weighted by Gasteiger charge is 2.14. The number of hydrogen-bond acceptors (Lipinski definition) is 4. The van der Waals surface area contributed by atoms with Crippen LogP contribution in [0.5, 0.6) is 0 Å². The molecule has 0 aliphatic heterocycles. The summed E-state index contributed by atoms with van der Waals surface area (Å²) in [6.07, 6.45) is 0. The summed E-state index contributed by atoms with van der Waals surface area (Å²) in [7, 11) is 1.83. The standard InChI is InChI=1S/C14H17N3O2/c1-8(2)12-7-10-6-11(17(18)19)5-9(3)13(10)16-14(12)15-4/h5-8H,1-4H3,(H,15,16). The number of nitrogens with zero attached hydrogens (tertiary/aromatic N) is 2. The summed E-state index contributed by atoms with van der Waals surface area (Å²) < 4.78 is 0. The molecule has 2 aromatic rings. The van der Waals surface area contributed by atoms with Crippen LogP contribution in [0.3, 0.4) is 0 Å². The van der Waals surface area contributed by atoms with Crippen LogP contribution in [0.25, 0.3) is 10.9 Å². The molecule has 0 spiro atoms. The number of benzene rings is 1. The summed E-state index contributed by atoms with van der Waals surface area (Å²) in [5.41, 5.74) is 2.80. The quantitative estimate of drug-likeness (QED) is 0.675. The van der Waals surface area contributed by atoms with Gasteiger partial charge in [-0.1, -0.05) is 13.8 Å². The third-order valence-corrected chi connectivity index (χ3v) is 3.19. The molecule has 1 aromatic heterocycles. The lowest BCUT2D eigenvalue weighted by molar-refractivity contribution is -0.384. The molecule has 1 aromatic carbocycles. The van der Waals surface area contributed by atoms with Crippen molar-refractivity contribution in [3.05, 3.63) is 39.4 Å². The van der Waals surface area contributed by atoms with Gasteiger partial charge in [-0.05, 0) is 30.0 Å². The zero-order valence-electron chi connectivity index (χ0n) is 11.5. The fraction of sp³-hybridized carbons (Fsp3) is 0.357. The van der Waals surface area contributed by atoms with Crippen LogP contribution in [0, 0.1) is 17.0 Å². The Morgan fingerprint density at radius 3 is 2.53 bits per heavy atom. The molecule has 0 saturated heterocycles. The first kappa shape index (κ1) is 13.3. The van der Waals surface area contributed by atoms with Crippen LogP contribution < -0.4 is 5.32 Å². The zero-order valence-corrected chi connectivity index (χ0v) is 11.5. The van der Waals surface area contributed by atoms with E-state index in [2.05, 4.69) is 24.1 Å². The first-order chi connectivity index (χ1) is 8.93. The van der Waals surface area contributed by atoms with Gasteiger partial charge in [-0.25, -0.2) is 4.98 Å². The Hall–Kier alpha value is -2.17. The van der Waals surface area contributed by atoms with Gasteiger partial charge in [-0.2, -0.15) is 0 Å². The Balaban J connectivity index is 2.78. The molecule has 19 heavy (non-hydrogen) atoms. The van der Waals surface area contributed by atoms with Gasteiger partial charge < -0.3 is 5.32 Å². The second kappa shape index (κ2) is 4.84. The van der Waals surface area contributed by atoms with Gasteiger partial charge in [0.2, 0.25) is 0 Å². The summed E-state index contributed by atoms with van der Waals surface area (Å²) >= 11 is 0. The minimum Gasteiger partial charge on any atom is -0.373 e. The number of nitrogens with one attached hydrogen (secondary N) is 1. The zero-order chi connectivity index (χ0) is 14.2. The fourth-order valence-corrected chi connectivity index (χ4v) is 2.21. The maximum absolute atomic E-state index is 10.9. The second-order valence-corrected chi connectivity index (χ2v) is 4.92. The number of aryl methyl sites for hydroxylation is 1. The largest absolute Gasteiger partial charge is 0.373 e. The van der Waals surface area contributed by atoms with Crippen LogP contribution >= 0.6 is 0 Å². The first-order valence-corrected chi connectivity index (χ1v) is 6.21. The normalized spacial score (nSPS) is 11.0. The SMILES string of the molecule is CNc1nc2c(C)cc([N+](=O)[O-])cc2cc1C(C)C. The lowest BCUT2D eigenvalue weighted by Gasteiger charge is -2.13. The monoisotopic (exact) mass is 259 g/mol. The molecule has 100 valence electrons. The average Bonchev–Trinajstić information content (AvgIpc) is 2.36. The summed E-state index contributed by atoms with van der Waals surface area (Å²) in [5.74, 6) is 1.14. The Kier molecular flexibility index (Phi) is 3.38. The molecule has 0 amide bonds.